The fourth-order valence-electron chi connectivity index (χ4n) is 8.31. The third-order valence-corrected chi connectivity index (χ3v) is 11.3. The standard InChI is InChI=1S/C40H52ClF3N6O5/c1-39(2,3)55-38(52)46-16-14-24-9-7-17-49(21-24)36-28-13-12-27(29-19-30(45)34(44)32(41)26(29)10-5-6-11-31(51)53-4)33(43)35(28)47-37(48-36)54-23-40-15-8-18-50(40)22-25(42)20-40/h12-13,19,24-25H,5-11,14-18,20-23,45H2,1-4H3,(H,46,52)/t24?,25-,40+/m1/s1. The number of fused-ring (bicyclic) bond motifs is 2. The number of aromatic nitrogens is 2. The summed E-state index contributed by atoms with van der Waals surface area (Å²) < 4.78 is 63.2. The molecule has 3 aliphatic rings. The van der Waals surface area contributed by atoms with E-state index >= 15 is 8.78 Å². The smallest absolute Gasteiger partial charge is 0.407 e. The van der Waals surface area contributed by atoms with Gasteiger partial charge in [-0.05, 0) is 108 Å². The topological polar surface area (TPSA) is 132 Å². The van der Waals surface area contributed by atoms with E-state index in [0.717, 1.165) is 32.2 Å². The van der Waals surface area contributed by atoms with E-state index in [-0.39, 0.29) is 59.1 Å². The van der Waals surface area contributed by atoms with Crippen molar-refractivity contribution in [3.63, 3.8) is 0 Å². The number of nitrogens with one attached hydrogen (secondary N) is 1. The lowest BCUT2D eigenvalue weighted by Gasteiger charge is -2.35. The van der Waals surface area contributed by atoms with Crippen LogP contribution < -0.4 is 20.7 Å². The van der Waals surface area contributed by atoms with Gasteiger partial charge in [-0.2, -0.15) is 9.97 Å². The van der Waals surface area contributed by atoms with Gasteiger partial charge in [-0.3, -0.25) is 9.69 Å². The van der Waals surface area contributed by atoms with Crippen molar-refractivity contribution in [1.82, 2.24) is 20.2 Å². The molecule has 0 bridgehead atoms. The Kier molecular flexibility index (Phi) is 12.5. The van der Waals surface area contributed by atoms with Gasteiger partial charge in [-0.15, -0.1) is 0 Å². The molecule has 6 rings (SSSR count). The van der Waals surface area contributed by atoms with Crippen LogP contribution >= 0.6 is 11.6 Å². The molecule has 300 valence electrons. The van der Waals surface area contributed by atoms with Gasteiger partial charge < -0.3 is 30.2 Å². The molecule has 15 heteroatoms. The van der Waals surface area contributed by atoms with Gasteiger partial charge >= 0.3 is 18.1 Å². The van der Waals surface area contributed by atoms with Gasteiger partial charge in [0.1, 0.15) is 29.7 Å². The number of anilines is 2. The van der Waals surface area contributed by atoms with E-state index in [0.29, 0.717) is 74.2 Å². The molecule has 3 aliphatic heterocycles. The Labute approximate surface area is 325 Å². The SMILES string of the molecule is COC(=O)CCCCc1c(-c2ccc3c(N4CCCC(CCNC(=O)OC(C)(C)C)C4)nc(OC[C@@]45CCCN4C[C@H](F)C5)nc3c2F)cc(N)c(F)c1Cl. The van der Waals surface area contributed by atoms with Gasteiger partial charge in [0.05, 0.1) is 23.4 Å². The van der Waals surface area contributed by atoms with Gasteiger partial charge in [0.15, 0.2) is 11.6 Å². The number of benzene rings is 2. The molecule has 4 heterocycles. The summed E-state index contributed by atoms with van der Waals surface area (Å²) in [5, 5.41) is 3.10. The summed E-state index contributed by atoms with van der Waals surface area (Å²) in [7, 11) is 1.31. The molecule has 3 aromatic rings. The van der Waals surface area contributed by atoms with Gasteiger partial charge in [0, 0.05) is 50.0 Å². The van der Waals surface area contributed by atoms with Crippen LogP contribution in [0.3, 0.4) is 0 Å². The molecule has 3 fully saturated rings. The molecule has 1 aromatic heterocycles. The Bertz CT molecular complexity index is 1900. The number of alkyl carbamates (subject to hydrolysis) is 1. The Morgan fingerprint density at radius 2 is 1.89 bits per heavy atom. The second kappa shape index (κ2) is 17.0. The second-order valence-corrected chi connectivity index (χ2v) is 16.5. The van der Waals surface area contributed by atoms with Crippen LogP contribution in [0.5, 0.6) is 6.01 Å². The van der Waals surface area contributed by atoms with Crippen molar-refractivity contribution >= 4 is 46.1 Å². The number of carbonyl (C=O) groups excluding carboxylic acids is 2. The van der Waals surface area contributed by atoms with Gasteiger partial charge in [0.25, 0.3) is 0 Å². The minimum Gasteiger partial charge on any atom is -0.469 e. The van der Waals surface area contributed by atoms with E-state index in [2.05, 4.69) is 20.1 Å². The van der Waals surface area contributed by atoms with E-state index < -0.39 is 35.0 Å². The Morgan fingerprint density at radius 1 is 1.09 bits per heavy atom. The quantitative estimate of drug-likeness (QED) is 0.101. The Balaban J connectivity index is 1.34. The van der Waals surface area contributed by atoms with Crippen LogP contribution in [0.25, 0.3) is 22.0 Å². The van der Waals surface area contributed by atoms with Crippen LogP contribution in [-0.2, 0) is 20.7 Å². The number of hydrogen-bond donors (Lipinski definition) is 2. The van der Waals surface area contributed by atoms with Crippen LogP contribution in [0.4, 0.5) is 29.5 Å². The average Bonchev–Trinajstić information content (AvgIpc) is 3.67. The highest BCUT2D eigenvalue weighted by atomic mass is 35.5. The summed E-state index contributed by atoms with van der Waals surface area (Å²) in [5.41, 5.74) is 5.56. The lowest BCUT2D eigenvalue weighted by Crippen LogP contribution is -2.43. The molecule has 3 atom stereocenters. The van der Waals surface area contributed by atoms with Crippen LogP contribution in [0.1, 0.15) is 84.1 Å². The van der Waals surface area contributed by atoms with Crippen LogP contribution in [-0.4, -0.2) is 90.7 Å². The number of nitrogens with two attached hydrogens (primary N) is 1. The number of halogens is 4. The molecular weight excluding hydrogens is 737 g/mol. The van der Waals surface area contributed by atoms with E-state index in [4.69, 9.17) is 36.5 Å². The summed E-state index contributed by atoms with van der Waals surface area (Å²) in [4.78, 5) is 37.7. The highest BCUT2D eigenvalue weighted by Crippen LogP contribution is 2.42. The summed E-state index contributed by atoms with van der Waals surface area (Å²) >= 11 is 6.52. The molecule has 11 nitrogen and oxygen atoms in total. The number of esters is 1. The minimum absolute atomic E-state index is 0.0115. The third kappa shape index (κ3) is 9.33. The first-order chi connectivity index (χ1) is 26.2. The lowest BCUT2D eigenvalue weighted by molar-refractivity contribution is -0.140. The fourth-order valence-corrected chi connectivity index (χ4v) is 8.62. The molecule has 3 N–H and O–H groups in total. The van der Waals surface area contributed by atoms with Crippen molar-refractivity contribution in [1.29, 1.82) is 0 Å². The second-order valence-electron chi connectivity index (χ2n) is 16.1. The Hall–Kier alpha value is -4.04. The molecule has 0 saturated carbocycles. The highest BCUT2D eigenvalue weighted by molar-refractivity contribution is 6.32. The summed E-state index contributed by atoms with van der Waals surface area (Å²) in [6.07, 6.45) is 4.51. The molecular formula is C40H52ClF3N6O5. The predicted molar refractivity (Wildman–Crippen MR) is 206 cm³/mol. The number of ether oxygens (including phenoxy) is 3. The molecule has 1 unspecified atom stereocenters. The number of alkyl halides is 1. The zero-order valence-corrected chi connectivity index (χ0v) is 32.9. The average molecular weight is 789 g/mol. The van der Waals surface area contributed by atoms with Crippen LogP contribution in [0.15, 0.2) is 18.2 Å². The molecule has 0 spiro atoms. The number of rotatable bonds is 13. The number of piperidine rings is 1. The first-order valence-corrected chi connectivity index (χ1v) is 19.6. The highest BCUT2D eigenvalue weighted by Gasteiger charge is 2.49. The predicted octanol–water partition coefficient (Wildman–Crippen LogP) is 7.78. The number of amides is 1. The van der Waals surface area contributed by atoms with Crippen molar-refractivity contribution in [3.05, 3.63) is 40.4 Å². The van der Waals surface area contributed by atoms with Crippen molar-refractivity contribution < 1.29 is 37.0 Å². The molecule has 55 heavy (non-hydrogen) atoms. The van der Waals surface area contributed by atoms with Gasteiger partial charge in [-0.1, -0.05) is 17.7 Å². The zero-order chi connectivity index (χ0) is 39.5. The van der Waals surface area contributed by atoms with Crippen molar-refractivity contribution in [2.45, 2.75) is 102 Å². The monoisotopic (exact) mass is 788 g/mol. The van der Waals surface area contributed by atoms with Crippen LogP contribution in [0, 0.1) is 17.6 Å². The third-order valence-electron chi connectivity index (χ3n) is 10.9. The fraction of sp³-hybridized carbons (Fsp3) is 0.600. The number of nitrogens with zero attached hydrogens (tertiary/aromatic N) is 4. The van der Waals surface area contributed by atoms with Crippen molar-refractivity contribution in [2.75, 3.05) is 57.1 Å². The first-order valence-electron chi connectivity index (χ1n) is 19.3. The molecule has 2 aromatic carbocycles. The molecule has 0 radical (unpaired) electrons. The molecule has 3 saturated heterocycles. The lowest BCUT2D eigenvalue weighted by atomic mass is 9.93. The van der Waals surface area contributed by atoms with Gasteiger partial charge in [-0.25, -0.2) is 18.0 Å². The number of nitrogen functional groups attached to an aromatic ring is 1. The largest absolute Gasteiger partial charge is 0.469 e. The maximum absolute atomic E-state index is 17.1. The molecule has 1 amide bonds. The maximum Gasteiger partial charge on any atom is 0.407 e. The van der Waals surface area contributed by atoms with Crippen molar-refractivity contribution in [2.24, 2.45) is 5.92 Å². The number of methoxy groups -OCH3 is 1. The number of carbonyl (C=O) groups is 2. The summed E-state index contributed by atoms with van der Waals surface area (Å²) in [5.74, 6) is -1.12. The van der Waals surface area contributed by atoms with Crippen LogP contribution in [0.2, 0.25) is 5.02 Å². The summed E-state index contributed by atoms with van der Waals surface area (Å²) in [6.45, 7) is 8.46. The number of unbranched alkanes of at least 4 members (excludes halogenated alkanes) is 1. The Morgan fingerprint density at radius 3 is 2.65 bits per heavy atom. The van der Waals surface area contributed by atoms with E-state index in [1.54, 1.807) is 12.1 Å². The normalized spacial score (nSPS) is 21.5. The first kappa shape index (κ1) is 40.6. The molecule has 0 aliphatic carbocycles. The maximum atomic E-state index is 17.1. The van der Waals surface area contributed by atoms with Gasteiger partial charge in [0.2, 0.25) is 0 Å². The van der Waals surface area contributed by atoms with E-state index in [1.165, 1.54) is 13.2 Å². The minimum atomic E-state index is -0.947. The zero-order valence-electron chi connectivity index (χ0n) is 32.1. The van der Waals surface area contributed by atoms with E-state index in [1.807, 2.05) is 20.8 Å². The van der Waals surface area contributed by atoms with Crippen molar-refractivity contribution in [3.8, 4) is 17.1 Å². The summed E-state index contributed by atoms with van der Waals surface area (Å²) in [6, 6.07) is 4.71. The van der Waals surface area contributed by atoms with E-state index in [9.17, 15) is 14.0 Å². The number of hydrogen-bond acceptors (Lipinski definition) is 10.